The molecule has 1 saturated carbocycles. The largest absolute Gasteiger partial charge is 0.496 e. The third-order valence-corrected chi connectivity index (χ3v) is 5.68. The molecule has 2 heteroatoms. The van der Waals surface area contributed by atoms with Crippen LogP contribution in [0.4, 0.5) is 0 Å². The first-order valence-electron chi connectivity index (χ1n) is 9.43. The van der Waals surface area contributed by atoms with Crippen molar-refractivity contribution < 1.29 is 9.47 Å². The maximum Gasteiger partial charge on any atom is 0.121 e. The summed E-state index contributed by atoms with van der Waals surface area (Å²) >= 11 is 0. The van der Waals surface area contributed by atoms with E-state index < -0.39 is 0 Å². The van der Waals surface area contributed by atoms with Gasteiger partial charge < -0.3 is 9.47 Å². The van der Waals surface area contributed by atoms with E-state index in [-0.39, 0.29) is 0 Å². The van der Waals surface area contributed by atoms with E-state index >= 15 is 0 Å². The topological polar surface area (TPSA) is 18.5 Å². The van der Waals surface area contributed by atoms with Gasteiger partial charge in [-0.05, 0) is 67.0 Å². The quantitative estimate of drug-likeness (QED) is 0.662. The summed E-state index contributed by atoms with van der Waals surface area (Å²) in [5, 5.41) is 0. The summed E-state index contributed by atoms with van der Waals surface area (Å²) in [5.74, 6) is 3.11. The van der Waals surface area contributed by atoms with Gasteiger partial charge in [-0.15, -0.1) is 0 Å². The van der Waals surface area contributed by atoms with Crippen LogP contribution in [0.2, 0.25) is 0 Å². The lowest BCUT2D eigenvalue weighted by Gasteiger charge is -2.32. The molecule has 0 bridgehead atoms. The Balaban J connectivity index is 2.03. The Kier molecular flexibility index (Phi) is 5.67. The van der Waals surface area contributed by atoms with Crippen molar-refractivity contribution in [1.82, 2.24) is 0 Å². The third kappa shape index (κ3) is 3.84. The monoisotopic (exact) mass is 338 g/mol. The van der Waals surface area contributed by atoms with Crippen molar-refractivity contribution in [2.75, 3.05) is 14.2 Å². The molecule has 25 heavy (non-hydrogen) atoms. The van der Waals surface area contributed by atoms with Gasteiger partial charge in [0.2, 0.25) is 0 Å². The average molecular weight is 338 g/mol. The van der Waals surface area contributed by atoms with Gasteiger partial charge in [0.05, 0.1) is 14.2 Å². The zero-order chi connectivity index (χ0) is 17.8. The van der Waals surface area contributed by atoms with Gasteiger partial charge in [-0.3, -0.25) is 0 Å². The molecule has 0 N–H and O–H groups in total. The van der Waals surface area contributed by atoms with E-state index in [1.54, 1.807) is 14.2 Å². The first-order valence-corrected chi connectivity index (χ1v) is 9.43. The molecular weight excluding hydrogens is 308 g/mol. The summed E-state index contributed by atoms with van der Waals surface area (Å²) in [6, 6.07) is 13.4. The number of hydrogen-bond donors (Lipinski definition) is 0. The second kappa shape index (κ2) is 7.95. The number of benzene rings is 2. The van der Waals surface area contributed by atoms with Crippen LogP contribution in [-0.2, 0) is 0 Å². The highest BCUT2D eigenvalue weighted by Gasteiger charge is 2.27. The number of rotatable bonds is 5. The van der Waals surface area contributed by atoms with Crippen molar-refractivity contribution in [1.29, 1.82) is 0 Å². The molecule has 1 aliphatic carbocycles. The molecule has 2 nitrogen and oxygen atoms in total. The molecule has 0 saturated heterocycles. The second-order valence-electron chi connectivity index (χ2n) is 7.33. The lowest BCUT2D eigenvalue weighted by Crippen LogP contribution is -2.18. The fraction of sp³-hybridized carbons (Fsp3) is 0.478. The van der Waals surface area contributed by atoms with Crippen molar-refractivity contribution in [3.8, 4) is 11.5 Å². The minimum Gasteiger partial charge on any atom is -0.496 e. The van der Waals surface area contributed by atoms with Crippen molar-refractivity contribution in [3.05, 3.63) is 58.7 Å². The van der Waals surface area contributed by atoms with Crippen LogP contribution in [0.1, 0.15) is 60.3 Å². The lowest BCUT2D eigenvalue weighted by molar-refractivity contribution is 0.327. The summed E-state index contributed by atoms with van der Waals surface area (Å²) in [6.07, 6.45) is 6.73. The number of ether oxygens (including phenoxy) is 2. The predicted molar refractivity (Wildman–Crippen MR) is 104 cm³/mol. The molecule has 0 atom stereocenters. The summed E-state index contributed by atoms with van der Waals surface area (Å²) in [6.45, 7) is 4.28. The highest BCUT2D eigenvalue weighted by atomic mass is 16.5. The average Bonchev–Trinajstić information content (AvgIpc) is 2.63. The number of hydrogen-bond acceptors (Lipinski definition) is 2. The predicted octanol–water partition coefficient (Wildman–Crippen LogP) is 6.03. The molecule has 0 amide bonds. The van der Waals surface area contributed by atoms with E-state index in [9.17, 15) is 0 Å². The van der Waals surface area contributed by atoms with E-state index in [1.807, 2.05) is 0 Å². The fourth-order valence-corrected chi connectivity index (χ4v) is 4.39. The van der Waals surface area contributed by atoms with Crippen LogP contribution in [-0.4, -0.2) is 14.2 Å². The van der Waals surface area contributed by atoms with E-state index in [0.717, 1.165) is 11.5 Å². The van der Waals surface area contributed by atoms with E-state index in [4.69, 9.17) is 9.47 Å². The van der Waals surface area contributed by atoms with Gasteiger partial charge in [0, 0.05) is 5.92 Å². The third-order valence-electron chi connectivity index (χ3n) is 5.68. The Morgan fingerprint density at radius 3 is 1.64 bits per heavy atom. The lowest BCUT2D eigenvalue weighted by atomic mass is 9.73. The van der Waals surface area contributed by atoms with Crippen molar-refractivity contribution in [2.45, 2.75) is 51.9 Å². The molecule has 2 aromatic carbocycles. The van der Waals surface area contributed by atoms with Gasteiger partial charge in [-0.1, -0.05) is 43.5 Å². The van der Waals surface area contributed by atoms with E-state index in [1.165, 1.54) is 54.4 Å². The maximum atomic E-state index is 5.46. The van der Waals surface area contributed by atoms with E-state index in [2.05, 4.69) is 50.2 Å². The van der Waals surface area contributed by atoms with Gasteiger partial charge in [0.25, 0.3) is 0 Å². The fourth-order valence-electron chi connectivity index (χ4n) is 4.39. The molecule has 1 fully saturated rings. The van der Waals surface area contributed by atoms with E-state index in [0.29, 0.717) is 11.8 Å². The minimum atomic E-state index is 0.453. The van der Waals surface area contributed by atoms with Crippen molar-refractivity contribution in [3.63, 3.8) is 0 Å². The van der Waals surface area contributed by atoms with Crippen LogP contribution >= 0.6 is 0 Å². The van der Waals surface area contributed by atoms with Gasteiger partial charge in [-0.25, -0.2) is 0 Å². The number of aryl methyl sites for hydroxylation is 2. The molecule has 2 aromatic rings. The Morgan fingerprint density at radius 1 is 0.760 bits per heavy atom. The first kappa shape index (κ1) is 17.8. The molecule has 1 aliphatic rings. The zero-order valence-electron chi connectivity index (χ0n) is 16.0. The van der Waals surface area contributed by atoms with Crippen LogP contribution in [0, 0.1) is 19.8 Å². The molecule has 0 spiro atoms. The molecular formula is C23H30O2. The van der Waals surface area contributed by atoms with Crippen molar-refractivity contribution in [2.24, 2.45) is 5.92 Å². The molecule has 3 rings (SSSR count). The van der Waals surface area contributed by atoms with Crippen LogP contribution < -0.4 is 9.47 Å². The molecule has 0 aliphatic heterocycles. The van der Waals surface area contributed by atoms with Gasteiger partial charge in [0.15, 0.2) is 0 Å². The molecule has 0 unspecified atom stereocenters. The van der Waals surface area contributed by atoms with Gasteiger partial charge in [0.1, 0.15) is 11.5 Å². The highest BCUT2D eigenvalue weighted by Crippen LogP contribution is 2.42. The van der Waals surface area contributed by atoms with Gasteiger partial charge >= 0.3 is 0 Å². The Labute approximate surface area is 152 Å². The summed E-state index contributed by atoms with van der Waals surface area (Å²) in [5.41, 5.74) is 5.25. The van der Waals surface area contributed by atoms with Crippen LogP contribution in [0.5, 0.6) is 11.5 Å². The summed E-state index contributed by atoms with van der Waals surface area (Å²) < 4.78 is 10.9. The molecule has 0 heterocycles. The Hall–Kier alpha value is -1.96. The van der Waals surface area contributed by atoms with Crippen molar-refractivity contribution >= 4 is 0 Å². The number of methoxy groups -OCH3 is 2. The normalized spacial score (nSPS) is 15.4. The smallest absolute Gasteiger partial charge is 0.121 e. The first-order chi connectivity index (χ1) is 12.1. The maximum absolute atomic E-state index is 5.46. The molecule has 0 aromatic heterocycles. The van der Waals surface area contributed by atoms with Gasteiger partial charge in [-0.2, -0.15) is 0 Å². The molecule has 134 valence electrons. The Bertz CT molecular complexity index is 661. The van der Waals surface area contributed by atoms with Crippen LogP contribution in [0.15, 0.2) is 36.4 Å². The van der Waals surface area contributed by atoms with Crippen LogP contribution in [0.3, 0.4) is 0 Å². The Morgan fingerprint density at radius 2 is 1.24 bits per heavy atom. The SMILES string of the molecule is COc1ccc(C(c2ccc(OC)c(C)c2)C2CCCCC2)cc1C. The second-order valence-corrected chi connectivity index (χ2v) is 7.33. The standard InChI is InChI=1S/C23H30O2/c1-16-14-19(10-12-21(16)24-3)23(18-8-6-5-7-9-18)20-11-13-22(25-4)17(2)15-20/h10-15,18,23H,5-9H2,1-4H3. The summed E-state index contributed by atoms with van der Waals surface area (Å²) in [7, 11) is 3.49. The zero-order valence-corrected chi connectivity index (χ0v) is 16.0. The molecule has 0 radical (unpaired) electrons. The highest BCUT2D eigenvalue weighted by molar-refractivity contribution is 5.44. The summed E-state index contributed by atoms with van der Waals surface area (Å²) in [4.78, 5) is 0. The van der Waals surface area contributed by atoms with Crippen LogP contribution in [0.25, 0.3) is 0 Å². The minimum absolute atomic E-state index is 0.453.